The number of aliphatic hydroxyl groups is 1. The fourth-order valence-corrected chi connectivity index (χ4v) is 1.04. The van der Waals surface area contributed by atoms with Crippen LogP contribution in [-0.2, 0) is 14.3 Å². The van der Waals surface area contributed by atoms with E-state index in [1.807, 2.05) is 0 Å². The number of hydrogen-bond donors (Lipinski definition) is 1. The molecule has 0 radical (unpaired) electrons. The Labute approximate surface area is 77.6 Å². The topological polar surface area (TPSA) is 55.8 Å². The molecule has 82 valence electrons. The first-order valence-corrected chi connectivity index (χ1v) is 4.00. The van der Waals surface area contributed by atoms with Crippen LogP contribution in [0.2, 0.25) is 0 Å². The van der Waals surface area contributed by atoms with Crippen LogP contribution in [0.15, 0.2) is 0 Å². The van der Waals surface area contributed by atoms with Gasteiger partial charge in [0.05, 0.1) is 6.61 Å². The Bertz CT molecular complexity index is 219. The lowest BCUT2D eigenvalue weighted by atomic mass is 10.2. The summed E-state index contributed by atoms with van der Waals surface area (Å²) in [5.74, 6) is -4.85. The summed E-state index contributed by atoms with van der Waals surface area (Å²) in [6.07, 6.45) is -4.20. The lowest BCUT2D eigenvalue weighted by Gasteiger charge is -2.30. The van der Waals surface area contributed by atoms with E-state index in [4.69, 9.17) is 0 Å². The van der Waals surface area contributed by atoms with Crippen LogP contribution in [0.4, 0.5) is 13.2 Å². The van der Waals surface area contributed by atoms with E-state index >= 15 is 0 Å². The van der Waals surface area contributed by atoms with Gasteiger partial charge in [0.2, 0.25) is 0 Å². The summed E-state index contributed by atoms with van der Waals surface area (Å²) in [6.45, 7) is 0.0711. The summed E-state index contributed by atoms with van der Waals surface area (Å²) >= 11 is 0. The number of alkyl halides is 3. The molecule has 1 saturated heterocycles. The number of halogens is 3. The van der Waals surface area contributed by atoms with E-state index in [0.717, 1.165) is 0 Å². The molecule has 0 aromatic rings. The first-order chi connectivity index (χ1) is 6.33. The van der Waals surface area contributed by atoms with Crippen LogP contribution in [0.25, 0.3) is 0 Å². The number of carbonyl (C=O) groups excluding carboxylic acids is 1. The molecule has 0 aromatic carbocycles. The lowest BCUT2D eigenvalue weighted by molar-refractivity contribution is -0.364. The Hall–Kier alpha value is -0.820. The molecule has 0 bridgehead atoms. The maximum atomic E-state index is 11.7. The molecule has 1 rings (SSSR count). The number of ether oxygens (including phenoxy) is 2. The van der Waals surface area contributed by atoms with Crippen molar-refractivity contribution in [2.75, 3.05) is 6.61 Å². The fourth-order valence-electron chi connectivity index (χ4n) is 1.04. The van der Waals surface area contributed by atoms with Gasteiger partial charge in [-0.15, -0.1) is 0 Å². The molecule has 14 heavy (non-hydrogen) atoms. The van der Waals surface area contributed by atoms with E-state index < -0.39 is 18.1 Å². The van der Waals surface area contributed by atoms with Crippen molar-refractivity contribution in [3.63, 3.8) is 0 Å². The Morgan fingerprint density at radius 2 is 2.07 bits per heavy atom. The Balaban J connectivity index is 2.54. The van der Waals surface area contributed by atoms with E-state index in [-0.39, 0.29) is 13.0 Å². The van der Waals surface area contributed by atoms with Crippen molar-refractivity contribution in [1.82, 2.24) is 0 Å². The minimum absolute atomic E-state index is 0.0711. The minimum Gasteiger partial charge on any atom is -0.401 e. The van der Waals surface area contributed by atoms with E-state index in [1.54, 1.807) is 0 Å². The lowest BCUT2D eigenvalue weighted by Crippen LogP contribution is -2.44. The normalized spacial score (nSPS) is 28.6. The summed E-state index contributed by atoms with van der Waals surface area (Å²) in [5.41, 5.74) is 0. The van der Waals surface area contributed by atoms with Gasteiger partial charge in [0.25, 0.3) is 0 Å². The Kier molecular flexibility index (Phi) is 3.01. The highest BCUT2D eigenvalue weighted by Crippen LogP contribution is 2.27. The molecule has 0 spiro atoms. The minimum atomic E-state index is -5.11. The summed E-state index contributed by atoms with van der Waals surface area (Å²) in [4.78, 5) is 10.4. The van der Waals surface area contributed by atoms with Crippen LogP contribution >= 0.6 is 0 Å². The zero-order valence-electron chi connectivity index (χ0n) is 7.13. The van der Waals surface area contributed by atoms with Crippen LogP contribution in [-0.4, -0.2) is 29.8 Å². The summed E-state index contributed by atoms with van der Waals surface area (Å²) in [5, 5.41) is 9.24. The van der Waals surface area contributed by atoms with E-state index in [2.05, 4.69) is 9.47 Å². The van der Waals surface area contributed by atoms with Gasteiger partial charge in [-0.1, -0.05) is 0 Å². The summed E-state index contributed by atoms with van der Waals surface area (Å²) in [7, 11) is 0. The number of rotatable bonds is 1. The van der Waals surface area contributed by atoms with Gasteiger partial charge in [-0.05, 0) is 12.8 Å². The van der Waals surface area contributed by atoms with Gasteiger partial charge in [0.1, 0.15) is 0 Å². The number of carbonyl (C=O) groups is 1. The molecular weight excluding hydrogens is 205 g/mol. The molecule has 1 N–H and O–H groups in total. The molecule has 1 aliphatic rings. The van der Waals surface area contributed by atoms with Gasteiger partial charge in [-0.3, -0.25) is 0 Å². The average Bonchev–Trinajstić information content (AvgIpc) is 2.02. The van der Waals surface area contributed by atoms with Crippen LogP contribution < -0.4 is 0 Å². The summed E-state index contributed by atoms with van der Waals surface area (Å²) in [6, 6.07) is 0. The molecule has 0 aromatic heterocycles. The van der Waals surface area contributed by atoms with E-state index in [9.17, 15) is 23.1 Å². The van der Waals surface area contributed by atoms with Gasteiger partial charge in [-0.2, -0.15) is 13.2 Å². The zero-order valence-corrected chi connectivity index (χ0v) is 7.13. The van der Waals surface area contributed by atoms with Crippen molar-refractivity contribution >= 4 is 5.97 Å². The van der Waals surface area contributed by atoms with Crippen molar-refractivity contribution < 1.29 is 32.5 Å². The largest absolute Gasteiger partial charge is 0.491 e. The SMILES string of the molecule is O=C(OC1(O)CCCCO1)C(F)(F)F. The molecule has 1 fully saturated rings. The summed E-state index contributed by atoms with van der Waals surface area (Å²) < 4.78 is 43.6. The maximum Gasteiger partial charge on any atom is 0.491 e. The van der Waals surface area contributed by atoms with Crippen molar-refractivity contribution in [3.05, 3.63) is 0 Å². The molecular formula is C7H9F3O4. The molecule has 1 unspecified atom stereocenters. The molecule has 1 atom stereocenters. The molecule has 0 amide bonds. The van der Waals surface area contributed by atoms with Gasteiger partial charge >= 0.3 is 18.1 Å². The molecule has 0 saturated carbocycles. The van der Waals surface area contributed by atoms with Crippen molar-refractivity contribution in [2.24, 2.45) is 0 Å². The van der Waals surface area contributed by atoms with E-state index in [0.29, 0.717) is 12.8 Å². The fraction of sp³-hybridized carbons (Fsp3) is 0.857. The standard InChI is InChI=1S/C7H9F3O4/c8-7(9,10)5(11)14-6(12)3-1-2-4-13-6/h12H,1-4H2. The maximum absolute atomic E-state index is 11.7. The number of hydrogen-bond acceptors (Lipinski definition) is 4. The highest BCUT2D eigenvalue weighted by atomic mass is 19.4. The van der Waals surface area contributed by atoms with Crippen molar-refractivity contribution in [2.45, 2.75) is 31.4 Å². The van der Waals surface area contributed by atoms with Gasteiger partial charge < -0.3 is 14.6 Å². The van der Waals surface area contributed by atoms with E-state index in [1.165, 1.54) is 0 Å². The first-order valence-electron chi connectivity index (χ1n) is 4.00. The molecule has 0 aliphatic carbocycles. The van der Waals surface area contributed by atoms with Crippen molar-refractivity contribution in [3.8, 4) is 0 Å². The molecule has 4 nitrogen and oxygen atoms in total. The molecule has 1 heterocycles. The van der Waals surface area contributed by atoms with Gasteiger partial charge in [0.15, 0.2) is 0 Å². The van der Waals surface area contributed by atoms with Crippen LogP contribution in [0.5, 0.6) is 0 Å². The number of esters is 1. The van der Waals surface area contributed by atoms with Gasteiger partial charge in [-0.25, -0.2) is 4.79 Å². The molecule has 1 aliphatic heterocycles. The monoisotopic (exact) mass is 214 g/mol. The smallest absolute Gasteiger partial charge is 0.401 e. The Morgan fingerprint density at radius 1 is 1.43 bits per heavy atom. The second-order valence-corrected chi connectivity index (χ2v) is 2.91. The quantitative estimate of drug-likeness (QED) is 0.521. The van der Waals surface area contributed by atoms with Crippen molar-refractivity contribution in [1.29, 1.82) is 0 Å². The predicted octanol–water partition coefficient (Wildman–Crippen LogP) is 0.939. The van der Waals surface area contributed by atoms with Crippen LogP contribution in [0.1, 0.15) is 19.3 Å². The highest BCUT2D eigenvalue weighted by Gasteiger charge is 2.47. The molecule has 7 heteroatoms. The highest BCUT2D eigenvalue weighted by molar-refractivity contribution is 5.75. The van der Waals surface area contributed by atoms with Gasteiger partial charge in [0, 0.05) is 6.42 Å². The van der Waals surface area contributed by atoms with Crippen LogP contribution in [0.3, 0.4) is 0 Å². The van der Waals surface area contributed by atoms with Crippen LogP contribution in [0, 0.1) is 0 Å². The third kappa shape index (κ3) is 2.85. The zero-order chi connectivity index (χ0) is 10.8. The predicted molar refractivity (Wildman–Crippen MR) is 36.9 cm³/mol. The average molecular weight is 214 g/mol. The first kappa shape index (κ1) is 11.3. The second-order valence-electron chi connectivity index (χ2n) is 2.91. The third-order valence-electron chi connectivity index (χ3n) is 1.70. The third-order valence-corrected chi connectivity index (χ3v) is 1.70. The second kappa shape index (κ2) is 3.74. The Morgan fingerprint density at radius 3 is 2.50 bits per heavy atom.